The Hall–Kier alpha value is -1.46. The Bertz CT molecular complexity index is 392. The van der Waals surface area contributed by atoms with E-state index in [0.717, 1.165) is 25.2 Å². The second-order valence-electron chi connectivity index (χ2n) is 4.49. The molecule has 2 N–H and O–H groups in total. The molecular weight excluding hydrogens is 232 g/mol. The minimum Gasteiger partial charge on any atom is -0.493 e. The van der Waals surface area contributed by atoms with Crippen LogP contribution in [0.4, 0.5) is 0 Å². The van der Waals surface area contributed by atoms with E-state index < -0.39 is 0 Å². The first kappa shape index (κ1) is 13.0. The van der Waals surface area contributed by atoms with E-state index >= 15 is 0 Å². The van der Waals surface area contributed by atoms with Crippen molar-refractivity contribution in [3.05, 3.63) is 17.7 Å². The molecule has 0 spiro atoms. The minimum absolute atomic E-state index is 0.312. The first-order valence-corrected chi connectivity index (χ1v) is 5.94. The largest absolute Gasteiger partial charge is 0.493 e. The maximum absolute atomic E-state index is 5.77. The summed E-state index contributed by atoms with van der Waals surface area (Å²) < 4.78 is 15.9. The molecule has 1 heterocycles. The van der Waals surface area contributed by atoms with Crippen molar-refractivity contribution in [2.24, 2.45) is 5.73 Å². The maximum Gasteiger partial charge on any atom is 0.203 e. The molecule has 1 fully saturated rings. The van der Waals surface area contributed by atoms with Crippen LogP contribution < -0.4 is 19.9 Å². The first-order valence-electron chi connectivity index (χ1n) is 5.94. The lowest BCUT2D eigenvalue weighted by molar-refractivity contribution is 0.142. The normalized spacial score (nSPS) is 16.2. The van der Waals surface area contributed by atoms with Gasteiger partial charge in [-0.15, -0.1) is 0 Å². The predicted molar refractivity (Wildman–Crippen MR) is 69.4 cm³/mol. The van der Waals surface area contributed by atoms with Gasteiger partial charge < -0.3 is 19.9 Å². The van der Waals surface area contributed by atoms with Crippen LogP contribution in [0.1, 0.15) is 5.56 Å². The fraction of sp³-hybridized carbons (Fsp3) is 0.538. The van der Waals surface area contributed by atoms with E-state index in [1.54, 1.807) is 21.3 Å². The molecule has 1 saturated heterocycles. The SMILES string of the molecule is COc1cc(CN2CC(N)C2)cc(OC)c1OC. The topological polar surface area (TPSA) is 57.0 Å². The molecule has 0 aliphatic carbocycles. The Balaban J connectivity index is 2.20. The quantitative estimate of drug-likeness (QED) is 0.842. The number of ether oxygens (including phenoxy) is 3. The van der Waals surface area contributed by atoms with Gasteiger partial charge in [0.2, 0.25) is 5.75 Å². The Morgan fingerprint density at radius 1 is 1.11 bits per heavy atom. The van der Waals surface area contributed by atoms with Crippen LogP contribution in [-0.4, -0.2) is 45.4 Å². The number of nitrogens with zero attached hydrogens (tertiary/aromatic N) is 1. The van der Waals surface area contributed by atoms with Crippen molar-refractivity contribution >= 4 is 0 Å². The summed E-state index contributed by atoms with van der Waals surface area (Å²) in [6.45, 7) is 2.73. The number of rotatable bonds is 5. The van der Waals surface area contributed by atoms with Crippen molar-refractivity contribution in [3.63, 3.8) is 0 Å². The number of hydrogen-bond acceptors (Lipinski definition) is 5. The third-order valence-electron chi connectivity index (χ3n) is 3.12. The van der Waals surface area contributed by atoms with Crippen LogP contribution in [0.3, 0.4) is 0 Å². The molecule has 0 bridgehead atoms. The molecule has 0 unspecified atom stereocenters. The van der Waals surface area contributed by atoms with Gasteiger partial charge >= 0.3 is 0 Å². The lowest BCUT2D eigenvalue weighted by Gasteiger charge is -2.36. The highest BCUT2D eigenvalue weighted by atomic mass is 16.5. The van der Waals surface area contributed by atoms with Crippen LogP contribution in [0, 0.1) is 0 Å². The summed E-state index contributed by atoms with van der Waals surface area (Å²) in [4.78, 5) is 2.28. The van der Waals surface area contributed by atoms with Crippen LogP contribution in [0.25, 0.3) is 0 Å². The average Bonchev–Trinajstić information content (AvgIpc) is 2.35. The highest BCUT2D eigenvalue weighted by Crippen LogP contribution is 2.38. The Morgan fingerprint density at radius 3 is 2.06 bits per heavy atom. The minimum atomic E-state index is 0.312. The van der Waals surface area contributed by atoms with Crippen LogP contribution in [0.5, 0.6) is 17.2 Å². The molecule has 2 rings (SSSR count). The summed E-state index contributed by atoms with van der Waals surface area (Å²) in [7, 11) is 4.86. The van der Waals surface area contributed by atoms with Crippen LogP contribution in [0.2, 0.25) is 0 Å². The van der Waals surface area contributed by atoms with Gasteiger partial charge in [0.25, 0.3) is 0 Å². The number of benzene rings is 1. The average molecular weight is 252 g/mol. The van der Waals surface area contributed by atoms with Crippen molar-refractivity contribution in [1.82, 2.24) is 4.90 Å². The molecule has 0 atom stereocenters. The number of likely N-dealkylation sites (tertiary alicyclic amines) is 1. The number of nitrogens with two attached hydrogens (primary N) is 1. The Kier molecular flexibility index (Phi) is 3.93. The molecule has 1 aliphatic heterocycles. The van der Waals surface area contributed by atoms with E-state index in [0.29, 0.717) is 23.3 Å². The summed E-state index contributed by atoms with van der Waals surface area (Å²) in [5.41, 5.74) is 6.90. The summed E-state index contributed by atoms with van der Waals surface area (Å²) in [6, 6.07) is 4.27. The third kappa shape index (κ3) is 2.52. The van der Waals surface area contributed by atoms with E-state index in [2.05, 4.69) is 4.90 Å². The Labute approximate surface area is 107 Å². The van der Waals surface area contributed by atoms with E-state index in [4.69, 9.17) is 19.9 Å². The zero-order valence-corrected chi connectivity index (χ0v) is 11.1. The van der Waals surface area contributed by atoms with Gasteiger partial charge in [0.1, 0.15) is 0 Å². The number of hydrogen-bond donors (Lipinski definition) is 1. The van der Waals surface area contributed by atoms with Crippen molar-refractivity contribution in [1.29, 1.82) is 0 Å². The van der Waals surface area contributed by atoms with Crippen LogP contribution in [0.15, 0.2) is 12.1 Å². The second kappa shape index (κ2) is 5.46. The van der Waals surface area contributed by atoms with Crippen molar-refractivity contribution in [2.75, 3.05) is 34.4 Å². The smallest absolute Gasteiger partial charge is 0.203 e. The summed E-state index contributed by atoms with van der Waals surface area (Å²) in [5, 5.41) is 0. The van der Waals surface area contributed by atoms with Crippen molar-refractivity contribution < 1.29 is 14.2 Å². The lowest BCUT2D eigenvalue weighted by Crippen LogP contribution is -2.54. The molecule has 0 aromatic heterocycles. The van der Waals surface area contributed by atoms with Gasteiger partial charge in [0, 0.05) is 25.7 Å². The molecule has 0 saturated carbocycles. The fourth-order valence-corrected chi connectivity index (χ4v) is 2.22. The molecule has 0 amide bonds. The van der Waals surface area contributed by atoms with Gasteiger partial charge in [-0.25, -0.2) is 0 Å². The fourth-order valence-electron chi connectivity index (χ4n) is 2.22. The van der Waals surface area contributed by atoms with Gasteiger partial charge in [-0.05, 0) is 17.7 Å². The highest BCUT2D eigenvalue weighted by Gasteiger charge is 2.23. The van der Waals surface area contributed by atoms with E-state index in [9.17, 15) is 0 Å². The third-order valence-corrected chi connectivity index (χ3v) is 3.12. The first-order chi connectivity index (χ1) is 8.67. The zero-order valence-electron chi connectivity index (χ0n) is 11.1. The summed E-state index contributed by atoms with van der Waals surface area (Å²) >= 11 is 0. The standard InChI is InChI=1S/C13H20N2O3/c1-16-11-4-9(6-15-7-10(14)8-15)5-12(17-2)13(11)18-3/h4-5,10H,6-8,14H2,1-3H3. The van der Waals surface area contributed by atoms with E-state index in [1.807, 2.05) is 12.1 Å². The molecule has 1 aromatic rings. The molecular formula is C13H20N2O3. The molecule has 0 radical (unpaired) electrons. The van der Waals surface area contributed by atoms with E-state index in [1.165, 1.54) is 0 Å². The number of methoxy groups -OCH3 is 3. The van der Waals surface area contributed by atoms with Crippen molar-refractivity contribution in [3.8, 4) is 17.2 Å². The highest BCUT2D eigenvalue weighted by molar-refractivity contribution is 5.53. The molecule has 5 heteroatoms. The molecule has 1 aliphatic rings. The predicted octanol–water partition coefficient (Wildman–Crippen LogP) is 0.855. The maximum atomic E-state index is 5.77. The second-order valence-corrected chi connectivity index (χ2v) is 4.49. The van der Waals surface area contributed by atoms with Crippen LogP contribution in [-0.2, 0) is 6.54 Å². The van der Waals surface area contributed by atoms with Crippen LogP contribution >= 0.6 is 0 Å². The summed E-state index contributed by atoms with van der Waals surface area (Å²) in [5.74, 6) is 2.01. The lowest BCUT2D eigenvalue weighted by atomic mass is 10.1. The molecule has 100 valence electrons. The van der Waals surface area contributed by atoms with E-state index in [-0.39, 0.29) is 0 Å². The van der Waals surface area contributed by atoms with Gasteiger partial charge in [0.05, 0.1) is 21.3 Å². The zero-order chi connectivity index (χ0) is 13.1. The van der Waals surface area contributed by atoms with Gasteiger partial charge in [-0.3, -0.25) is 4.90 Å². The monoisotopic (exact) mass is 252 g/mol. The molecule has 1 aromatic carbocycles. The summed E-state index contributed by atoms with van der Waals surface area (Å²) in [6.07, 6.45) is 0. The molecule has 5 nitrogen and oxygen atoms in total. The molecule has 18 heavy (non-hydrogen) atoms. The van der Waals surface area contributed by atoms with Gasteiger partial charge in [-0.2, -0.15) is 0 Å². The Morgan fingerprint density at radius 2 is 1.67 bits per heavy atom. The van der Waals surface area contributed by atoms with Gasteiger partial charge in [-0.1, -0.05) is 0 Å². The van der Waals surface area contributed by atoms with Crippen molar-refractivity contribution in [2.45, 2.75) is 12.6 Å². The van der Waals surface area contributed by atoms with Gasteiger partial charge in [0.15, 0.2) is 11.5 Å².